The Labute approximate surface area is 71.9 Å². The number of rotatable bonds is 0. The highest BCUT2D eigenvalue weighted by Crippen LogP contribution is 2.44. The number of fused-ring (bicyclic) bond motifs is 1. The second-order valence-electron chi connectivity index (χ2n) is 3.88. The molecule has 2 rings (SSSR count). The van der Waals surface area contributed by atoms with E-state index in [1.807, 2.05) is 6.92 Å². The molecule has 1 aliphatic carbocycles. The van der Waals surface area contributed by atoms with Crippen molar-refractivity contribution in [1.29, 1.82) is 5.26 Å². The predicted molar refractivity (Wildman–Crippen MR) is 41.9 cm³/mol. The van der Waals surface area contributed by atoms with Crippen molar-refractivity contribution in [2.24, 2.45) is 17.8 Å². The van der Waals surface area contributed by atoms with Gasteiger partial charge in [-0.15, -0.1) is 0 Å². The van der Waals surface area contributed by atoms with Gasteiger partial charge in [0.2, 0.25) is 0 Å². The number of hydrogen-bond donors (Lipinski definition) is 1. The van der Waals surface area contributed by atoms with Gasteiger partial charge in [0.15, 0.2) is 6.29 Å². The molecule has 0 radical (unpaired) electrons. The molecule has 1 N–H and O–H groups in total. The van der Waals surface area contributed by atoms with Crippen LogP contribution in [0.15, 0.2) is 0 Å². The smallest absolute Gasteiger partial charge is 0.155 e. The molecule has 66 valence electrons. The van der Waals surface area contributed by atoms with Crippen LogP contribution in [0.4, 0.5) is 0 Å². The Bertz CT molecular complexity index is 223. The van der Waals surface area contributed by atoms with Gasteiger partial charge in [0, 0.05) is 6.42 Å². The molecule has 3 nitrogen and oxygen atoms in total. The second kappa shape index (κ2) is 2.72. The van der Waals surface area contributed by atoms with Crippen LogP contribution in [0.2, 0.25) is 0 Å². The molecule has 2 aliphatic rings. The molecule has 1 aliphatic heterocycles. The molecule has 1 saturated carbocycles. The van der Waals surface area contributed by atoms with Crippen LogP contribution >= 0.6 is 0 Å². The third-order valence-electron chi connectivity index (χ3n) is 3.16. The van der Waals surface area contributed by atoms with E-state index in [2.05, 4.69) is 6.07 Å². The Hall–Kier alpha value is -0.590. The molecule has 2 fully saturated rings. The lowest BCUT2D eigenvalue weighted by molar-refractivity contribution is -0.103. The average Bonchev–Trinajstić information content (AvgIpc) is 2.51. The van der Waals surface area contributed by atoms with Gasteiger partial charge in [-0.1, -0.05) is 6.92 Å². The van der Waals surface area contributed by atoms with E-state index >= 15 is 0 Å². The zero-order valence-corrected chi connectivity index (χ0v) is 7.10. The van der Waals surface area contributed by atoms with Crippen LogP contribution < -0.4 is 0 Å². The first-order chi connectivity index (χ1) is 5.72. The van der Waals surface area contributed by atoms with Gasteiger partial charge in [0.1, 0.15) is 0 Å². The minimum atomic E-state index is -0.581. The number of aliphatic hydroxyl groups is 1. The van der Waals surface area contributed by atoms with Crippen LogP contribution in [0.1, 0.15) is 19.8 Å². The standard InChI is InChI=1S/C9H13NO2/c1-5-7(4-10)2-6-3-8(11)12-9(5)6/h5-9,11H,2-3H2,1H3. The van der Waals surface area contributed by atoms with Crippen molar-refractivity contribution < 1.29 is 9.84 Å². The summed E-state index contributed by atoms with van der Waals surface area (Å²) in [5.74, 6) is 0.837. The largest absolute Gasteiger partial charge is 0.368 e. The summed E-state index contributed by atoms with van der Waals surface area (Å²) in [7, 11) is 0. The molecule has 0 aromatic rings. The van der Waals surface area contributed by atoms with Gasteiger partial charge in [-0.25, -0.2) is 0 Å². The van der Waals surface area contributed by atoms with Crippen molar-refractivity contribution >= 4 is 0 Å². The quantitative estimate of drug-likeness (QED) is 0.583. The van der Waals surface area contributed by atoms with Gasteiger partial charge in [-0.3, -0.25) is 0 Å². The Balaban J connectivity index is 2.09. The SMILES string of the molecule is CC1C(C#N)CC2CC(O)OC21. The van der Waals surface area contributed by atoms with E-state index in [9.17, 15) is 5.11 Å². The summed E-state index contributed by atoms with van der Waals surface area (Å²) < 4.78 is 5.33. The lowest BCUT2D eigenvalue weighted by atomic mass is 9.99. The first-order valence-corrected chi connectivity index (χ1v) is 4.45. The summed E-state index contributed by atoms with van der Waals surface area (Å²) in [5, 5.41) is 18.0. The summed E-state index contributed by atoms with van der Waals surface area (Å²) >= 11 is 0. The van der Waals surface area contributed by atoms with Gasteiger partial charge >= 0.3 is 0 Å². The number of hydrogen-bond acceptors (Lipinski definition) is 3. The van der Waals surface area contributed by atoms with E-state index in [0.29, 0.717) is 12.3 Å². The molecule has 5 atom stereocenters. The molecule has 12 heavy (non-hydrogen) atoms. The third kappa shape index (κ3) is 1.03. The van der Waals surface area contributed by atoms with Crippen LogP contribution in [-0.4, -0.2) is 17.5 Å². The molecular formula is C9H13NO2. The lowest BCUT2D eigenvalue weighted by Crippen LogP contribution is -2.20. The highest BCUT2D eigenvalue weighted by molar-refractivity contribution is 5.01. The predicted octanol–water partition coefficient (Wildman–Crippen LogP) is 0.889. The van der Waals surface area contributed by atoms with Crippen LogP contribution in [0.3, 0.4) is 0 Å². The summed E-state index contributed by atoms with van der Waals surface area (Å²) in [6.07, 6.45) is 1.17. The van der Waals surface area contributed by atoms with Gasteiger partial charge in [0.25, 0.3) is 0 Å². The fourth-order valence-corrected chi connectivity index (χ4v) is 2.46. The molecule has 0 aromatic heterocycles. The van der Waals surface area contributed by atoms with E-state index in [4.69, 9.17) is 10.00 Å². The molecule has 0 amide bonds. The molecule has 0 bridgehead atoms. The van der Waals surface area contributed by atoms with E-state index in [0.717, 1.165) is 6.42 Å². The van der Waals surface area contributed by atoms with Gasteiger partial charge in [-0.2, -0.15) is 5.26 Å². The highest BCUT2D eigenvalue weighted by Gasteiger charge is 2.47. The fraction of sp³-hybridized carbons (Fsp3) is 0.889. The van der Waals surface area contributed by atoms with Crippen molar-refractivity contribution in [3.63, 3.8) is 0 Å². The van der Waals surface area contributed by atoms with Crippen molar-refractivity contribution in [2.75, 3.05) is 0 Å². The summed E-state index contributed by atoms with van der Waals surface area (Å²) in [5.41, 5.74) is 0. The van der Waals surface area contributed by atoms with Gasteiger partial charge in [0.05, 0.1) is 18.1 Å². The van der Waals surface area contributed by atoms with E-state index in [1.165, 1.54) is 0 Å². The van der Waals surface area contributed by atoms with Crippen molar-refractivity contribution in [2.45, 2.75) is 32.2 Å². The first kappa shape index (κ1) is 8.03. The Morgan fingerprint density at radius 3 is 2.83 bits per heavy atom. The zero-order valence-electron chi connectivity index (χ0n) is 7.10. The maximum Gasteiger partial charge on any atom is 0.155 e. The van der Waals surface area contributed by atoms with Crippen molar-refractivity contribution in [3.8, 4) is 6.07 Å². The Morgan fingerprint density at radius 2 is 2.25 bits per heavy atom. The first-order valence-electron chi connectivity index (χ1n) is 4.45. The minimum Gasteiger partial charge on any atom is -0.368 e. The third-order valence-corrected chi connectivity index (χ3v) is 3.16. The van der Waals surface area contributed by atoms with E-state index in [1.54, 1.807) is 0 Å². The highest BCUT2D eigenvalue weighted by atomic mass is 16.6. The molecule has 0 spiro atoms. The summed E-state index contributed by atoms with van der Waals surface area (Å²) in [6.45, 7) is 2.04. The van der Waals surface area contributed by atoms with E-state index < -0.39 is 6.29 Å². The topological polar surface area (TPSA) is 53.2 Å². The summed E-state index contributed by atoms with van der Waals surface area (Å²) in [6, 6.07) is 2.30. The maximum atomic E-state index is 9.21. The Kier molecular flexibility index (Phi) is 1.82. The van der Waals surface area contributed by atoms with Crippen molar-refractivity contribution in [1.82, 2.24) is 0 Å². The average molecular weight is 167 g/mol. The van der Waals surface area contributed by atoms with E-state index in [-0.39, 0.29) is 17.9 Å². The maximum absolute atomic E-state index is 9.21. The zero-order chi connectivity index (χ0) is 8.72. The molecular weight excluding hydrogens is 154 g/mol. The normalized spacial score (nSPS) is 51.9. The number of aliphatic hydroxyl groups excluding tert-OH is 1. The molecule has 3 heteroatoms. The minimum absolute atomic E-state index is 0.129. The monoisotopic (exact) mass is 167 g/mol. The lowest BCUT2D eigenvalue weighted by Gasteiger charge is -2.15. The number of nitrogens with zero attached hydrogens (tertiary/aromatic N) is 1. The van der Waals surface area contributed by atoms with Crippen molar-refractivity contribution in [3.05, 3.63) is 0 Å². The van der Waals surface area contributed by atoms with Gasteiger partial charge < -0.3 is 9.84 Å². The fourth-order valence-electron chi connectivity index (χ4n) is 2.46. The Morgan fingerprint density at radius 1 is 1.50 bits per heavy atom. The number of ether oxygens (including phenoxy) is 1. The molecule has 1 heterocycles. The number of nitriles is 1. The van der Waals surface area contributed by atoms with Crippen LogP contribution in [0.5, 0.6) is 0 Å². The van der Waals surface area contributed by atoms with Crippen LogP contribution in [0, 0.1) is 29.1 Å². The molecule has 1 saturated heterocycles. The second-order valence-corrected chi connectivity index (χ2v) is 3.88. The van der Waals surface area contributed by atoms with Gasteiger partial charge in [-0.05, 0) is 18.3 Å². The molecule has 0 aromatic carbocycles. The summed E-state index contributed by atoms with van der Waals surface area (Å²) in [4.78, 5) is 0. The van der Waals surface area contributed by atoms with Crippen LogP contribution in [0.25, 0.3) is 0 Å². The van der Waals surface area contributed by atoms with Crippen LogP contribution in [-0.2, 0) is 4.74 Å². The molecule has 5 unspecified atom stereocenters.